The zero-order valence-electron chi connectivity index (χ0n) is 17.0. The summed E-state index contributed by atoms with van der Waals surface area (Å²) >= 11 is 0. The lowest BCUT2D eigenvalue weighted by atomic mass is 10.1. The molecule has 8 nitrogen and oxygen atoms in total. The fourth-order valence-electron chi connectivity index (χ4n) is 3.59. The molecule has 0 spiro atoms. The molecule has 29 heavy (non-hydrogen) atoms. The quantitative estimate of drug-likeness (QED) is 0.688. The molecule has 1 aliphatic rings. The Balaban J connectivity index is 1.41. The third kappa shape index (κ3) is 4.22. The molecule has 4 rings (SSSR count). The van der Waals surface area contributed by atoms with Crippen LogP contribution in [0.5, 0.6) is 0 Å². The van der Waals surface area contributed by atoms with E-state index in [0.717, 1.165) is 37.3 Å². The Hall–Kier alpha value is -3.00. The smallest absolute Gasteiger partial charge is 0.256 e. The fourth-order valence-corrected chi connectivity index (χ4v) is 3.59. The van der Waals surface area contributed by atoms with Crippen molar-refractivity contribution in [3.63, 3.8) is 0 Å². The largest absolute Gasteiger partial charge is 0.338 e. The highest BCUT2D eigenvalue weighted by Gasteiger charge is 2.31. The standard InChI is InChI=1S/C21H26N6O2/c1-14(2)19-24-21(29-25-19)17-5-4-12-27(17)13-15-6-8-16(9-7-15)20(28)23-18-10-11-22-26(18)3/h6-11,14,17H,4-5,12-13H2,1-3H3,(H,23,28)/t17-/m1/s1. The van der Waals surface area contributed by atoms with Gasteiger partial charge < -0.3 is 9.84 Å². The summed E-state index contributed by atoms with van der Waals surface area (Å²) in [4.78, 5) is 19.4. The van der Waals surface area contributed by atoms with Crippen LogP contribution in [0.25, 0.3) is 0 Å². The maximum absolute atomic E-state index is 12.4. The van der Waals surface area contributed by atoms with Crippen molar-refractivity contribution in [2.45, 2.75) is 45.2 Å². The first-order valence-electron chi connectivity index (χ1n) is 9.97. The van der Waals surface area contributed by atoms with Crippen LogP contribution in [0, 0.1) is 0 Å². The molecule has 0 saturated carbocycles. The number of benzene rings is 1. The second kappa shape index (κ2) is 8.16. The van der Waals surface area contributed by atoms with E-state index in [-0.39, 0.29) is 17.9 Å². The summed E-state index contributed by atoms with van der Waals surface area (Å²) in [6, 6.07) is 9.64. The van der Waals surface area contributed by atoms with Crippen LogP contribution in [0.4, 0.5) is 5.82 Å². The number of nitrogens with zero attached hydrogens (tertiary/aromatic N) is 5. The van der Waals surface area contributed by atoms with Crippen LogP contribution in [0.15, 0.2) is 41.1 Å². The second-order valence-corrected chi connectivity index (χ2v) is 7.77. The normalized spacial score (nSPS) is 17.2. The molecule has 8 heteroatoms. The average Bonchev–Trinajstić information content (AvgIpc) is 3.44. The number of rotatable bonds is 6. The van der Waals surface area contributed by atoms with Gasteiger partial charge in [-0.05, 0) is 37.1 Å². The number of aromatic nitrogens is 4. The topological polar surface area (TPSA) is 89.1 Å². The van der Waals surface area contributed by atoms with Crippen molar-refractivity contribution >= 4 is 11.7 Å². The van der Waals surface area contributed by atoms with E-state index in [1.807, 2.05) is 24.3 Å². The SMILES string of the molecule is CC(C)c1noc([C@H]2CCCN2Cc2ccc(C(=O)Nc3ccnn3C)cc2)n1. The number of amides is 1. The van der Waals surface area contributed by atoms with Gasteiger partial charge in [0, 0.05) is 31.1 Å². The highest BCUT2D eigenvalue weighted by atomic mass is 16.5. The van der Waals surface area contributed by atoms with Gasteiger partial charge in [0.15, 0.2) is 5.82 Å². The summed E-state index contributed by atoms with van der Waals surface area (Å²) in [6.45, 7) is 5.90. The highest BCUT2D eigenvalue weighted by Crippen LogP contribution is 2.32. The van der Waals surface area contributed by atoms with Gasteiger partial charge in [-0.15, -0.1) is 0 Å². The minimum atomic E-state index is -0.147. The van der Waals surface area contributed by atoms with E-state index < -0.39 is 0 Å². The first-order chi connectivity index (χ1) is 14.0. The van der Waals surface area contributed by atoms with Gasteiger partial charge in [-0.2, -0.15) is 10.1 Å². The van der Waals surface area contributed by atoms with Gasteiger partial charge in [-0.1, -0.05) is 31.1 Å². The first-order valence-corrected chi connectivity index (χ1v) is 9.97. The Labute approximate surface area is 169 Å². The van der Waals surface area contributed by atoms with Crippen LogP contribution in [0.2, 0.25) is 0 Å². The van der Waals surface area contributed by atoms with Gasteiger partial charge in [0.2, 0.25) is 5.89 Å². The molecule has 1 fully saturated rings. The Morgan fingerprint density at radius 2 is 2.07 bits per heavy atom. The number of anilines is 1. The monoisotopic (exact) mass is 394 g/mol. The molecule has 0 bridgehead atoms. The molecule has 1 aromatic carbocycles. The van der Waals surface area contributed by atoms with Crippen LogP contribution < -0.4 is 5.32 Å². The number of hydrogen-bond donors (Lipinski definition) is 1. The van der Waals surface area contributed by atoms with Crippen LogP contribution in [0.1, 0.15) is 66.3 Å². The van der Waals surface area contributed by atoms with Gasteiger partial charge in [0.1, 0.15) is 5.82 Å². The molecule has 1 amide bonds. The Bertz CT molecular complexity index is 975. The minimum absolute atomic E-state index is 0.147. The van der Waals surface area contributed by atoms with Gasteiger partial charge >= 0.3 is 0 Å². The molecule has 1 aliphatic heterocycles. The summed E-state index contributed by atoms with van der Waals surface area (Å²) in [5.41, 5.74) is 1.77. The predicted molar refractivity (Wildman–Crippen MR) is 108 cm³/mol. The maximum Gasteiger partial charge on any atom is 0.256 e. The number of carbonyl (C=O) groups excluding carboxylic acids is 1. The van der Waals surface area contributed by atoms with Crippen molar-refractivity contribution < 1.29 is 9.32 Å². The number of aryl methyl sites for hydroxylation is 1. The zero-order chi connectivity index (χ0) is 20.4. The molecular weight excluding hydrogens is 368 g/mol. The van der Waals surface area contributed by atoms with Crippen LogP contribution in [-0.4, -0.2) is 37.3 Å². The van der Waals surface area contributed by atoms with E-state index in [1.54, 1.807) is 24.0 Å². The molecule has 3 heterocycles. The minimum Gasteiger partial charge on any atom is -0.338 e. The Morgan fingerprint density at radius 1 is 1.28 bits per heavy atom. The van der Waals surface area contributed by atoms with E-state index in [2.05, 4.69) is 39.3 Å². The summed E-state index contributed by atoms with van der Waals surface area (Å²) in [7, 11) is 1.79. The lowest BCUT2D eigenvalue weighted by molar-refractivity contribution is 0.102. The predicted octanol–water partition coefficient (Wildman–Crippen LogP) is 3.52. The van der Waals surface area contributed by atoms with Crippen molar-refractivity contribution in [2.75, 3.05) is 11.9 Å². The molecule has 0 aliphatic carbocycles. The summed E-state index contributed by atoms with van der Waals surface area (Å²) in [5.74, 6) is 2.24. The maximum atomic E-state index is 12.4. The second-order valence-electron chi connectivity index (χ2n) is 7.77. The summed E-state index contributed by atoms with van der Waals surface area (Å²) in [5, 5.41) is 11.0. The number of carbonyl (C=O) groups is 1. The van der Waals surface area contributed by atoms with Crippen LogP contribution >= 0.6 is 0 Å². The number of hydrogen-bond acceptors (Lipinski definition) is 6. The number of likely N-dealkylation sites (tertiary alicyclic amines) is 1. The van der Waals surface area contributed by atoms with E-state index in [9.17, 15) is 4.79 Å². The van der Waals surface area contributed by atoms with Crippen molar-refractivity contribution in [1.82, 2.24) is 24.8 Å². The Morgan fingerprint density at radius 3 is 2.72 bits per heavy atom. The van der Waals surface area contributed by atoms with Crippen molar-refractivity contribution in [2.24, 2.45) is 7.05 Å². The molecule has 1 N–H and O–H groups in total. The molecule has 152 valence electrons. The molecule has 0 radical (unpaired) electrons. The third-order valence-electron chi connectivity index (χ3n) is 5.29. The van der Waals surface area contributed by atoms with E-state index in [0.29, 0.717) is 17.3 Å². The summed E-state index contributed by atoms with van der Waals surface area (Å²) < 4.78 is 7.15. The molecule has 0 unspecified atom stereocenters. The lowest BCUT2D eigenvalue weighted by Crippen LogP contribution is -2.23. The van der Waals surface area contributed by atoms with Crippen molar-refractivity contribution in [3.05, 3.63) is 59.4 Å². The molecule has 1 saturated heterocycles. The van der Waals surface area contributed by atoms with Gasteiger partial charge in [0.05, 0.1) is 12.2 Å². The van der Waals surface area contributed by atoms with Crippen molar-refractivity contribution in [3.8, 4) is 0 Å². The van der Waals surface area contributed by atoms with Gasteiger partial charge in [-0.3, -0.25) is 14.4 Å². The van der Waals surface area contributed by atoms with E-state index in [1.165, 1.54) is 0 Å². The molecular formula is C21H26N6O2. The van der Waals surface area contributed by atoms with Gasteiger partial charge in [-0.25, -0.2) is 0 Å². The average molecular weight is 394 g/mol. The van der Waals surface area contributed by atoms with Gasteiger partial charge in [0.25, 0.3) is 5.91 Å². The Kier molecular flexibility index (Phi) is 5.44. The number of nitrogens with one attached hydrogen (secondary N) is 1. The zero-order valence-corrected chi connectivity index (χ0v) is 17.0. The fraction of sp³-hybridized carbons (Fsp3) is 0.429. The molecule has 1 atom stereocenters. The van der Waals surface area contributed by atoms with Crippen LogP contribution in [-0.2, 0) is 13.6 Å². The van der Waals surface area contributed by atoms with Crippen LogP contribution in [0.3, 0.4) is 0 Å². The van der Waals surface area contributed by atoms with E-state index in [4.69, 9.17) is 4.52 Å². The third-order valence-corrected chi connectivity index (χ3v) is 5.29. The molecule has 2 aromatic heterocycles. The van der Waals surface area contributed by atoms with Crippen molar-refractivity contribution in [1.29, 1.82) is 0 Å². The first kappa shape index (κ1) is 19.3. The van der Waals surface area contributed by atoms with E-state index >= 15 is 0 Å². The highest BCUT2D eigenvalue weighted by molar-refractivity contribution is 6.03. The lowest BCUT2D eigenvalue weighted by Gasteiger charge is -2.21. The summed E-state index contributed by atoms with van der Waals surface area (Å²) in [6.07, 6.45) is 3.78. The molecule has 3 aromatic rings.